The van der Waals surface area contributed by atoms with Gasteiger partial charge in [-0.2, -0.15) is 0 Å². The van der Waals surface area contributed by atoms with Crippen LogP contribution in [-0.2, 0) is 6.42 Å². The smallest absolute Gasteiger partial charge is 0.00258 e. The first-order valence-corrected chi connectivity index (χ1v) is 5.88. The molecule has 2 aromatic carbocycles. The quantitative estimate of drug-likeness (QED) is 0.704. The van der Waals surface area contributed by atoms with E-state index in [0.717, 1.165) is 6.42 Å². The van der Waals surface area contributed by atoms with Gasteiger partial charge >= 0.3 is 0 Å². The fourth-order valence-electron chi connectivity index (χ4n) is 1.85. The maximum atomic E-state index is 2.24. The summed E-state index contributed by atoms with van der Waals surface area (Å²) >= 11 is 0. The fraction of sp³-hybridized carbons (Fsp3) is 0.250. The van der Waals surface area contributed by atoms with Gasteiger partial charge in [0.2, 0.25) is 0 Å². The number of hydrogen-bond donors (Lipinski definition) is 0. The Morgan fingerprint density at radius 2 is 1.31 bits per heavy atom. The molecule has 0 nitrogen and oxygen atoms in total. The van der Waals surface area contributed by atoms with Gasteiger partial charge < -0.3 is 0 Å². The number of rotatable bonds is 3. The Labute approximate surface area is 97.9 Å². The zero-order valence-electron chi connectivity index (χ0n) is 9.98. The number of benzene rings is 2. The van der Waals surface area contributed by atoms with Gasteiger partial charge in [-0.3, -0.25) is 0 Å². The molecule has 0 amide bonds. The van der Waals surface area contributed by atoms with Gasteiger partial charge in [0, 0.05) is 0 Å². The molecule has 0 aliphatic carbocycles. The van der Waals surface area contributed by atoms with Gasteiger partial charge in [0.15, 0.2) is 0 Å². The SMILES string of the molecule is CC(C)c1ccc(Cc2ccccc2)cc1. The zero-order chi connectivity index (χ0) is 11.4. The molecule has 0 unspecified atom stereocenters. The molecule has 0 fully saturated rings. The molecular weight excluding hydrogens is 192 g/mol. The van der Waals surface area contributed by atoms with Crippen molar-refractivity contribution in [3.8, 4) is 0 Å². The third-order valence-electron chi connectivity index (χ3n) is 2.90. The van der Waals surface area contributed by atoms with Gasteiger partial charge in [0.1, 0.15) is 0 Å². The minimum atomic E-state index is 0.616. The van der Waals surface area contributed by atoms with Crippen molar-refractivity contribution in [2.24, 2.45) is 0 Å². The van der Waals surface area contributed by atoms with Gasteiger partial charge in [-0.1, -0.05) is 68.4 Å². The molecule has 0 atom stereocenters. The van der Waals surface area contributed by atoms with Crippen molar-refractivity contribution in [1.82, 2.24) is 0 Å². The van der Waals surface area contributed by atoms with Gasteiger partial charge in [-0.05, 0) is 29.0 Å². The van der Waals surface area contributed by atoms with Crippen LogP contribution in [0.4, 0.5) is 0 Å². The van der Waals surface area contributed by atoms with Gasteiger partial charge in [-0.25, -0.2) is 0 Å². The third kappa shape index (κ3) is 2.73. The summed E-state index contributed by atoms with van der Waals surface area (Å²) in [5, 5.41) is 0. The lowest BCUT2D eigenvalue weighted by Gasteiger charge is -2.07. The predicted molar refractivity (Wildman–Crippen MR) is 69.8 cm³/mol. The van der Waals surface area contributed by atoms with Gasteiger partial charge in [0.05, 0.1) is 0 Å². The average Bonchev–Trinajstić information content (AvgIpc) is 2.31. The lowest BCUT2D eigenvalue weighted by atomic mass is 9.99. The van der Waals surface area contributed by atoms with E-state index >= 15 is 0 Å². The lowest BCUT2D eigenvalue weighted by Crippen LogP contribution is -1.90. The molecule has 0 aromatic heterocycles. The highest BCUT2D eigenvalue weighted by Crippen LogP contribution is 2.16. The lowest BCUT2D eigenvalue weighted by molar-refractivity contribution is 0.865. The average molecular weight is 210 g/mol. The van der Waals surface area contributed by atoms with E-state index in [1.807, 2.05) is 0 Å². The summed E-state index contributed by atoms with van der Waals surface area (Å²) in [7, 11) is 0. The Morgan fingerprint density at radius 1 is 0.750 bits per heavy atom. The van der Waals surface area contributed by atoms with Crippen molar-refractivity contribution in [2.45, 2.75) is 26.2 Å². The second kappa shape index (κ2) is 4.98. The van der Waals surface area contributed by atoms with Crippen LogP contribution in [0.1, 0.15) is 36.5 Å². The molecule has 0 N–H and O–H groups in total. The van der Waals surface area contributed by atoms with E-state index in [1.165, 1.54) is 16.7 Å². The standard InChI is InChI=1S/C16H18/c1-13(2)16-10-8-15(9-11-16)12-14-6-4-3-5-7-14/h3-11,13H,12H2,1-2H3. The van der Waals surface area contributed by atoms with Crippen LogP contribution in [0.5, 0.6) is 0 Å². The largest absolute Gasteiger partial charge is 0.0622 e. The van der Waals surface area contributed by atoms with Crippen molar-refractivity contribution in [3.63, 3.8) is 0 Å². The van der Waals surface area contributed by atoms with Crippen LogP contribution >= 0.6 is 0 Å². The van der Waals surface area contributed by atoms with Gasteiger partial charge in [0.25, 0.3) is 0 Å². The van der Waals surface area contributed by atoms with E-state index in [-0.39, 0.29) is 0 Å². The second-order valence-corrected chi connectivity index (χ2v) is 4.56. The predicted octanol–water partition coefficient (Wildman–Crippen LogP) is 4.40. The first-order valence-electron chi connectivity index (χ1n) is 5.88. The summed E-state index contributed by atoms with van der Waals surface area (Å²) in [4.78, 5) is 0. The normalized spacial score (nSPS) is 10.7. The zero-order valence-corrected chi connectivity index (χ0v) is 9.98. The van der Waals surface area contributed by atoms with Crippen LogP contribution in [0.25, 0.3) is 0 Å². The van der Waals surface area contributed by atoms with Crippen molar-refractivity contribution in [1.29, 1.82) is 0 Å². The summed E-state index contributed by atoms with van der Waals surface area (Å²) in [6.07, 6.45) is 1.03. The van der Waals surface area contributed by atoms with Crippen molar-refractivity contribution in [2.75, 3.05) is 0 Å². The molecule has 0 aliphatic heterocycles. The van der Waals surface area contributed by atoms with Crippen molar-refractivity contribution in [3.05, 3.63) is 71.3 Å². The van der Waals surface area contributed by atoms with Crippen molar-refractivity contribution >= 4 is 0 Å². The molecule has 2 rings (SSSR count). The minimum absolute atomic E-state index is 0.616. The number of hydrogen-bond acceptors (Lipinski definition) is 0. The van der Waals surface area contributed by atoms with E-state index < -0.39 is 0 Å². The maximum absolute atomic E-state index is 2.24. The third-order valence-corrected chi connectivity index (χ3v) is 2.90. The molecule has 0 heterocycles. The molecule has 0 saturated heterocycles. The highest BCUT2D eigenvalue weighted by atomic mass is 14.0. The van der Waals surface area contributed by atoms with Crippen LogP contribution < -0.4 is 0 Å². The highest BCUT2D eigenvalue weighted by Gasteiger charge is 1.99. The Kier molecular flexibility index (Phi) is 3.40. The van der Waals surface area contributed by atoms with E-state index in [4.69, 9.17) is 0 Å². The van der Waals surface area contributed by atoms with E-state index in [1.54, 1.807) is 0 Å². The minimum Gasteiger partial charge on any atom is -0.0622 e. The summed E-state index contributed by atoms with van der Waals surface area (Å²) in [6.45, 7) is 4.46. The highest BCUT2D eigenvalue weighted by molar-refractivity contribution is 5.29. The van der Waals surface area contributed by atoms with Crippen LogP contribution in [0, 0.1) is 0 Å². The Balaban J connectivity index is 2.11. The Hall–Kier alpha value is -1.56. The van der Waals surface area contributed by atoms with E-state index in [0.29, 0.717) is 5.92 Å². The van der Waals surface area contributed by atoms with Crippen LogP contribution in [-0.4, -0.2) is 0 Å². The first-order chi connectivity index (χ1) is 7.75. The molecule has 2 aromatic rings. The second-order valence-electron chi connectivity index (χ2n) is 4.56. The van der Waals surface area contributed by atoms with Crippen molar-refractivity contribution < 1.29 is 0 Å². The monoisotopic (exact) mass is 210 g/mol. The van der Waals surface area contributed by atoms with Gasteiger partial charge in [-0.15, -0.1) is 0 Å². The molecule has 0 saturated carbocycles. The summed E-state index contributed by atoms with van der Waals surface area (Å²) in [5.41, 5.74) is 4.17. The maximum Gasteiger partial charge on any atom is -0.00258 e. The van der Waals surface area contributed by atoms with Crippen LogP contribution in [0.2, 0.25) is 0 Å². The molecule has 16 heavy (non-hydrogen) atoms. The summed E-state index contributed by atoms with van der Waals surface area (Å²) in [5.74, 6) is 0.616. The molecule has 0 spiro atoms. The van der Waals surface area contributed by atoms with E-state index in [9.17, 15) is 0 Å². The topological polar surface area (TPSA) is 0 Å². The van der Waals surface area contributed by atoms with Crippen LogP contribution in [0.15, 0.2) is 54.6 Å². The van der Waals surface area contributed by atoms with E-state index in [2.05, 4.69) is 68.4 Å². The summed E-state index contributed by atoms with van der Waals surface area (Å²) in [6, 6.07) is 19.6. The molecular formula is C16H18. The van der Waals surface area contributed by atoms with Crippen LogP contribution in [0.3, 0.4) is 0 Å². The molecule has 0 aliphatic rings. The molecule has 82 valence electrons. The Bertz CT molecular complexity index is 423. The Morgan fingerprint density at radius 3 is 1.88 bits per heavy atom. The summed E-state index contributed by atoms with van der Waals surface area (Å²) < 4.78 is 0. The molecule has 0 heteroatoms. The first kappa shape index (κ1) is 10.9. The fourth-order valence-corrected chi connectivity index (χ4v) is 1.85. The molecule has 0 bridgehead atoms. The molecule has 0 radical (unpaired) electrons.